The number of carbonyl (C=O) groups is 1. The van der Waals surface area contributed by atoms with Gasteiger partial charge in [-0.1, -0.05) is 12.8 Å². The summed E-state index contributed by atoms with van der Waals surface area (Å²) in [5.74, 6) is -0.538. The second kappa shape index (κ2) is 5.36. The number of nitrogens with zero attached hydrogens (tertiary/aromatic N) is 1. The fraction of sp³-hybridized carbons (Fsp3) is 0.462. The van der Waals surface area contributed by atoms with Crippen molar-refractivity contribution in [1.82, 2.24) is 0 Å². The van der Waals surface area contributed by atoms with Gasteiger partial charge in [0.1, 0.15) is 17.0 Å². The Morgan fingerprint density at radius 2 is 2.10 bits per heavy atom. The van der Waals surface area contributed by atoms with Crippen molar-refractivity contribution in [3.63, 3.8) is 0 Å². The fourth-order valence-electron chi connectivity index (χ4n) is 2.53. The van der Waals surface area contributed by atoms with Crippen LogP contribution in [0.2, 0.25) is 0 Å². The molecule has 0 bridgehead atoms. The van der Waals surface area contributed by atoms with Crippen molar-refractivity contribution in [3.8, 4) is 5.75 Å². The van der Waals surface area contributed by atoms with E-state index in [4.69, 9.17) is 4.74 Å². The number of ether oxygens (including phenoxy) is 1. The number of carboxylic acids is 1. The van der Waals surface area contributed by atoms with Crippen molar-refractivity contribution in [2.24, 2.45) is 0 Å². The molecule has 1 aromatic rings. The maximum absolute atomic E-state index is 11.5. The molecule has 7 nitrogen and oxygen atoms in total. The minimum Gasteiger partial charge on any atom is -0.497 e. The summed E-state index contributed by atoms with van der Waals surface area (Å²) in [4.78, 5) is 22.0. The highest BCUT2D eigenvalue weighted by Gasteiger charge is 2.42. The third-order valence-electron chi connectivity index (χ3n) is 3.64. The quantitative estimate of drug-likeness (QED) is 0.634. The Labute approximate surface area is 115 Å². The lowest BCUT2D eigenvalue weighted by Crippen LogP contribution is -2.43. The van der Waals surface area contributed by atoms with Gasteiger partial charge in [0.15, 0.2) is 0 Å². The van der Waals surface area contributed by atoms with Crippen LogP contribution in [0.15, 0.2) is 18.2 Å². The zero-order chi connectivity index (χ0) is 14.8. The van der Waals surface area contributed by atoms with E-state index >= 15 is 0 Å². The molecular weight excluding hydrogens is 264 g/mol. The van der Waals surface area contributed by atoms with E-state index < -0.39 is 16.4 Å². The van der Waals surface area contributed by atoms with Crippen LogP contribution in [0.4, 0.5) is 11.4 Å². The monoisotopic (exact) mass is 280 g/mol. The molecular formula is C13H16N2O5. The van der Waals surface area contributed by atoms with E-state index in [1.165, 1.54) is 25.3 Å². The van der Waals surface area contributed by atoms with Crippen molar-refractivity contribution < 1.29 is 19.6 Å². The van der Waals surface area contributed by atoms with E-state index in [9.17, 15) is 20.0 Å². The van der Waals surface area contributed by atoms with Crippen LogP contribution in [0.3, 0.4) is 0 Å². The van der Waals surface area contributed by atoms with Gasteiger partial charge in [0.05, 0.1) is 12.0 Å². The summed E-state index contributed by atoms with van der Waals surface area (Å²) in [7, 11) is 1.45. The lowest BCUT2D eigenvalue weighted by atomic mass is 9.97. The smallest absolute Gasteiger partial charge is 0.329 e. The summed E-state index contributed by atoms with van der Waals surface area (Å²) >= 11 is 0. The average Bonchev–Trinajstić information content (AvgIpc) is 2.88. The molecule has 1 aliphatic carbocycles. The van der Waals surface area contributed by atoms with Crippen molar-refractivity contribution in [3.05, 3.63) is 28.3 Å². The zero-order valence-corrected chi connectivity index (χ0v) is 11.1. The molecule has 1 aliphatic rings. The third kappa shape index (κ3) is 2.52. The number of rotatable bonds is 5. The van der Waals surface area contributed by atoms with Gasteiger partial charge >= 0.3 is 5.97 Å². The van der Waals surface area contributed by atoms with Crippen LogP contribution in [0.5, 0.6) is 5.75 Å². The highest BCUT2D eigenvalue weighted by Crippen LogP contribution is 2.37. The molecule has 0 amide bonds. The summed E-state index contributed by atoms with van der Waals surface area (Å²) in [6.07, 6.45) is 2.49. The van der Waals surface area contributed by atoms with Crippen LogP contribution in [-0.4, -0.2) is 28.6 Å². The number of hydrogen-bond donors (Lipinski definition) is 2. The molecule has 108 valence electrons. The molecule has 0 atom stereocenters. The van der Waals surface area contributed by atoms with Crippen molar-refractivity contribution in [2.75, 3.05) is 12.4 Å². The Bertz CT molecular complexity index is 538. The van der Waals surface area contributed by atoms with E-state index in [1.807, 2.05) is 0 Å². The molecule has 1 aromatic carbocycles. The van der Waals surface area contributed by atoms with Gasteiger partial charge in [-0.2, -0.15) is 0 Å². The number of aliphatic carboxylic acids is 1. The molecule has 7 heteroatoms. The zero-order valence-electron chi connectivity index (χ0n) is 11.1. The second-order valence-electron chi connectivity index (χ2n) is 4.86. The van der Waals surface area contributed by atoms with Gasteiger partial charge in [-0.3, -0.25) is 10.1 Å². The van der Waals surface area contributed by atoms with Gasteiger partial charge in [-0.15, -0.1) is 0 Å². The van der Waals surface area contributed by atoms with E-state index in [0.717, 1.165) is 12.8 Å². The number of nitro benzene ring substituents is 1. The van der Waals surface area contributed by atoms with Gasteiger partial charge in [-0.05, 0) is 18.9 Å². The number of anilines is 1. The van der Waals surface area contributed by atoms with E-state index in [-0.39, 0.29) is 11.4 Å². The minimum atomic E-state index is -1.13. The Morgan fingerprint density at radius 1 is 1.45 bits per heavy atom. The molecule has 0 saturated heterocycles. The first-order chi connectivity index (χ1) is 9.48. The lowest BCUT2D eigenvalue weighted by molar-refractivity contribution is -0.384. The topological polar surface area (TPSA) is 102 Å². The largest absolute Gasteiger partial charge is 0.497 e. The molecule has 0 radical (unpaired) electrons. The molecule has 2 rings (SSSR count). The maximum atomic E-state index is 11.5. The van der Waals surface area contributed by atoms with Crippen LogP contribution < -0.4 is 10.1 Å². The van der Waals surface area contributed by atoms with E-state index in [0.29, 0.717) is 18.6 Å². The maximum Gasteiger partial charge on any atom is 0.329 e. The van der Waals surface area contributed by atoms with Crippen molar-refractivity contribution in [2.45, 2.75) is 31.2 Å². The third-order valence-corrected chi connectivity index (χ3v) is 3.64. The molecule has 20 heavy (non-hydrogen) atoms. The van der Waals surface area contributed by atoms with Crippen LogP contribution in [0.25, 0.3) is 0 Å². The lowest BCUT2D eigenvalue weighted by Gasteiger charge is -2.26. The number of nitro groups is 1. The van der Waals surface area contributed by atoms with Gasteiger partial charge in [0.25, 0.3) is 5.69 Å². The van der Waals surface area contributed by atoms with Gasteiger partial charge in [0, 0.05) is 12.1 Å². The second-order valence-corrected chi connectivity index (χ2v) is 4.86. The molecule has 0 heterocycles. The molecule has 2 N–H and O–H groups in total. The SMILES string of the molecule is COc1ccc([N+](=O)[O-])c(NC2(C(=O)O)CCCC2)c1. The normalized spacial score (nSPS) is 16.6. The number of methoxy groups -OCH3 is 1. The predicted octanol–water partition coefficient (Wildman–Crippen LogP) is 2.41. The molecule has 0 spiro atoms. The Balaban J connectivity index is 2.40. The summed E-state index contributed by atoms with van der Waals surface area (Å²) in [5.41, 5.74) is -1.10. The first-order valence-corrected chi connectivity index (χ1v) is 6.32. The Kier molecular flexibility index (Phi) is 3.78. The number of hydrogen-bond acceptors (Lipinski definition) is 5. The molecule has 1 fully saturated rings. The van der Waals surface area contributed by atoms with E-state index in [1.54, 1.807) is 0 Å². The van der Waals surface area contributed by atoms with Crippen molar-refractivity contribution in [1.29, 1.82) is 0 Å². The first kappa shape index (κ1) is 14.1. The summed E-state index contributed by atoms with van der Waals surface area (Å²) < 4.78 is 5.04. The van der Waals surface area contributed by atoms with Crippen LogP contribution in [0, 0.1) is 10.1 Å². The number of carboxylic acid groups (broad SMARTS) is 1. The van der Waals surface area contributed by atoms with E-state index in [2.05, 4.69) is 5.32 Å². The Morgan fingerprint density at radius 3 is 2.60 bits per heavy atom. The van der Waals surface area contributed by atoms with Crippen LogP contribution in [-0.2, 0) is 4.79 Å². The molecule has 1 saturated carbocycles. The minimum absolute atomic E-state index is 0.154. The highest BCUT2D eigenvalue weighted by atomic mass is 16.6. The first-order valence-electron chi connectivity index (χ1n) is 6.32. The molecule has 0 aromatic heterocycles. The standard InChI is InChI=1S/C13H16N2O5/c1-20-9-4-5-11(15(18)19)10(8-9)14-13(12(16)17)6-2-3-7-13/h4-5,8,14H,2-3,6-7H2,1H3,(H,16,17). The average molecular weight is 280 g/mol. The van der Waals surface area contributed by atoms with Crippen LogP contribution >= 0.6 is 0 Å². The summed E-state index contributed by atoms with van der Waals surface area (Å²) in [6.45, 7) is 0. The molecule has 0 unspecified atom stereocenters. The fourth-order valence-corrected chi connectivity index (χ4v) is 2.53. The summed E-state index contributed by atoms with van der Waals surface area (Å²) in [5, 5.41) is 23.3. The summed E-state index contributed by atoms with van der Waals surface area (Å²) in [6, 6.07) is 4.25. The van der Waals surface area contributed by atoms with Crippen molar-refractivity contribution >= 4 is 17.3 Å². The van der Waals surface area contributed by atoms with Gasteiger partial charge in [0.2, 0.25) is 0 Å². The van der Waals surface area contributed by atoms with Crippen LogP contribution in [0.1, 0.15) is 25.7 Å². The predicted molar refractivity (Wildman–Crippen MR) is 72.1 cm³/mol. The Hall–Kier alpha value is -2.31. The number of nitrogens with one attached hydrogen (secondary N) is 1. The van der Waals surface area contributed by atoms with Gasteiger partial charge < -0.3 is 15.2 Å². The molecule has 0 aliphatic heterocycles. The highest BCUT2D eigenvalue weighted by molar-refractivity contribution is 5.84. The van der Waals surface area contributed by atoms with Gasteiger partial charge in [-0.25, -0.2) is 4.79 Å². The number of benzene rings is 1.